The Labute approximate surface area is 134 Å². The quantitative estimate of drug-likeness (QED) is 0.841. The SMILES string of the molecule is O=C(c1cnc(N2CCOCC2)cn1)N1CCc2ccccc21. The fraction of sp³-hybridized carbons (Fsp3) is 0.353. The van der Waals surface area contributed by atoms with Gasteiger partial charge in [-0.2, -0.15) is 0 Å². The molecule has 0 bridgehead atoms. The first-order chi connectivity index (χ1) is 11.3. The van der Waals surface area contributed by atoms with Crippen LogP contribution in [0.4, 0.5) is 11.5 Å². The third-order valence-corrected chi connectivity index (χ3v) is 4.32. The number of amides is 1. The second-order valence-electron chi connectivity index (χ2n) is 5.69. The number of fused-ring (bicyclic) bond motifs is 1. The molecular weight excluding hydrogens is 292 g/mol. The highest BCUT2D eigenvalue weighted by atomic mass is 16.5. The predicted octanol–water partition coefficient (Wildman–Crippen LogP) is 1.52. The van der Waals surface area contributed by atoms with Crippen molar-refractivity contribution in [2.45, 2.75) is 6.42 Å². The fourth-order valence-corrected chi connectivity index (χ4v) is 3.07. The first kappa shape index (κ1) is 14.1. The van der Waals surface area contributed by atoms with Crippen LogP contribution in [-0.2, 0) is 11.2 Å². The molecule has 2 aliphatic heterocycles. The number of nitrogens with zero attached hydrogens (tertiary/aromatic N) is 4. The van der Waals surface area contributed by atoms with Crippen molar-refractivity contribution in [1.82, 2.24) is 9.97 Å². The van der Waals surface area contributed by atoms with Gasteiger partial charge in [0.25, 0.3) is 5.91 Å². The zero-order chi connectivity index (χ0) is 15.6. The lowest BCUT2D eigenvalue weighted by Crippen LogP contribution is -2.37. The molecule has 6 nitrogen and oxygen atoms in total. The number of hydrogen-bond donors (Lipinski definition) is 0. The van der Waals surface area contributed by atoms with Gasteiger partial charge in [0.2, 0.25) is 0 Å². The van der Waals surface area contributed by atoms with Crippen LogP contribution < -0.4 is 9.80 Å². The maximum Gasteiger partial charge on any atom is 0.278 e. The van der Waals surface area contributed by atoms with Gasteiger partial charge in [0, 0.05) is 25.3 Å². The lowest BCUT2D eigenvalue weighted by Gasteiger charge is -2.27. The van der Waals surface area contributed by atoms with Gasteiger partial charge >= 0.3 is 0 Å². The fourth-order valence-electron chi connectivity index (χ4n) is 3.07. The molecule has 0 N–H and O–H groups in total. The van der Waals surface area contributed by atoms with Crippen LogP contribution >= 0.6 is 0 Å². The van der Waals surface area contributed by atoms with Crippen LogP contribution in [0.25, 0.3) is 0 Å². The molecule has 1 aromatic carbocycles. The Morgan fingerprint density at radius 1 is 1.04 bits per heavy atom. The third kappa shape index (κ3) is 2.66. The van der Waals surface area contributed by atoms with E-state index >= 15 is 0 Å². The molecule has 118 valence electrons. The van der Waals surface area contributed by atoms with Gasteiger partial charge < -0.3 is 14.5 Å². The minimum absolute atomic E-state index is 0.0871. The van der Waals surface area contributed by atoms with E-state index in [2.05, 4.69) is 20.9 Å². The van der Waals surface area contributed by atoms with Crippen molar-refractivity contribution in [1.29, 1.82) is 0 Å². The zero-order valence-corrected chi connectivity index (χ0v) is 12.8. The monoisotopic (exact) mass is 310 g/mol. The average molecular weight is 310 g/mol. The van der Waals surface area contributed by atoms with Crippen LogP contribution in [0, 0.1) is 0 Å². The summed E-state index contributed by atoms with van der Waals surface area (Å²) in [6.07, 6.45) is 4.15. The highest BCUT2D eigenvalue weighted by molar-refractivity contribution is 6.05. The molecule has 23 heavy (non-hydrogen) atoms. The number of carbonyl (C=O) groups excluding carboxylic acids is 1. The molecule has 0 aliphatic carbocycles. The highest BCUT2D eigenvalue weighted by Crippen LogP contribution is 2.28. The Morgan fingerprint density at radius 3 is 2.65 bits per heavy atom. The van der Waals surface area contributed by atoms with Crippen molar-refractivity contribution >= 4 is 17.4 Å². The number of hydrogen-bond acceptors (Lipinski definition) is 5. The molecule has 1 aromatic heterocycles. The van der Waals surface area contributed by atoms with Gasteiger partial charge in [-0.3, -0.25) is 4.79 Å². The maximum absolute atomic E-state index is 12.7. The largest absolute Gasteiger partial charge is 0.378 e. The summed E-state index contributed by atoms with van der Waals surface area (Å²) in [5.41, 5.74) is 2.58. The zero-order valence-electron chi connectivity index (χ0n) is 12.8. The van der Waals surface area contributed by atoms with Gasteiger partial charge in [-0.25, -0.2) is 9.97 Å². The van der Waals surface area contributed by atoms with Crippen LogP contribution in [0.5, 0.6) is 0 Å². The van der Waals surface area contributed by atoms with Gasteiger partial charge in [0.15, 0.2) is 0 Å². The third-order valence-electron chi connectivity index (χ3n) is 4.32. The summed E-state index contributed by atoms with van der Waals surface area (Å²) in [6.45, 7) is 3.72. The van der Waals surface area contributed by atoms with Crippen LogP contribution in [0.1, 0.15) is 16.1 Å². The summed E-state index contributed by atoms with van der Waals surface area (Å²) >= 11 is 0. The molecule has 6 heteroatoms. The molecular formula is C17H18N4O2. The predicted molar refractivity (Wildman–Crippen MR) is 86.9 cm³/mol. The molecule has 0 atom stereocenters. The molecule has 0 spiro atoms. The van der Waals surface area contributed by atoms with E-state index in [1.54, 1.807) is 17.3 Å². The van der Waals surface area contributed by atoms with Gasteiger partial charge in [-0.05, 0) is 18.1 Å². The minimum atomic E-state index is -0.0871. The summed E-state index contributed by atoms with van der Waals surface area (Å²) < 4.78 is 5.33. The van der Waals surface area contributed by atoms with Crippen molar-refractivity contribution in [3.8, 4) is 0 Å². The molecule has 3 heterocycles. The number of ether oxygens (including phenoxy) is 1. The van der Waals surface area contributed by atoms with Gasteiger partial charge in [-0.1, -0.05) is 18.2 Å². The van der Waals surface area contributed by atoms with Gasteiger partial charge in [-0.15, -0.1) is 0 Å². The summed E-state index contributed by atoms with van der Waals surface area (Å²) in [4.78, 5) is 25.3. The average Bonchev–Trinajstić information content (AvgIpc) is 3.06. The summed E-state index contributed by atoms with van der Waals surface area (Å²) in [5, 5.41) is 0. The Balaban J connectivity index is 1.53. The number of para-hydroxylation sites is 1. The lowest BCUT2D eigenvalue weighted by atomic mass is 10.2. The number of benzene rings is 1. The molecule has 1 fully saturated rings. The Hall–Kier alpha value is -2.47. The Morgan fingerprint density at radius 2 is 1.87 bits per heavy atom. The Bertz CT molecular complexity index is 711. The van der Waals surface area contributed by atoms with Crippen molar-refractivity contribution < 1.29 is 9.53 Å². The standard InChI is InChI=1S/C17H18N4O2/c22-17(21-6-5-13-3-1-2-4-15(13)21)14-11-19-16(12-18-14)20-7-9-23-10-8-20/h1-4,11-12H,5-10H2. The molecule has 1 saturated heterocycles. The van der Waals surface area contributed by atoms with Crippen molar-refractivity contribution in [2.24, 2.45) is 0 Å². The molecule has 0 unspecified atom stereocenters. The van der Waals surface area contributed by atoms with Crippen LogP contribution in [0.3, 0.4) is 0 Å². The van der Waals surface area contributed by atoms with E-state index in [4.69, 9.17) is 4.74 Å². The molecule has 1 amide bonds. The summed E-state index contributed by atoms with van der Waals surface area (Å²) in [5.74, 6) is 0.711. The van der Waals surface area contributed by atoms with Crippen LogP contribution in [0.2, 0.25) is 0 Å². The Kier molecular flexibility index (Phi) is 3.67. The van der Waals surface area contributed by atoms with E-state index in [1.165, 1.54) is 5.56 Å². The molecule has 0 saturated carbocycles. The second kappa shape index (κ2) is 5.96. The van der Waals surface area contributed by atoms with E-state index in [1.807, 2.05) is 18.2 Å². The number of rotatable bonds is 2. The van der Waals surface area contributed by atoms with E-state index in [-0.39, 0.29) is 5.91 Å². The van der Waals surface area contributed by atoms with Crippen molar-refractivity contribution in [3.05, 3.63) is 47.9 Å². The van der Waals surface area contributed by atoms with Gasteiger partial charge in [0.05, 0.1) is 25.6 Å². The van der Waals surface area contributed by atoms with E-state index in [9.17, 15) is 4.79 Å². The number of aromatic nitrogens is 2. The smallest absolute Gasteiger partial charge is 0.278 e. The summed E-state index contributed by atoms with van der Waals surface area (Å²) in [6, 6.07) is 8.01. The normalized spacial score (nSPS) is 17.2. The van der Waals surface area contributed by atoms with Crippen LogP contribution in [0.15, 0.2) is 36.7 Å². The topological polar surface area (TPSA) is 58.6 Å². The maximum atomic E-state index is 12.7. The van der Waals surface area contributed by atoms with E-state index in [0.717, 1.165) is 31.0 Å². The van der Waals surface area contributed by atoms with E-state index < -0.39 is 0 Å². The minimum Gasteiger partial charge on any atom is -0.378 e. The number of anilines is 2. The number of morpholine rings is 1. The van der Waals surface area contributed by atoms with Crippen LogP contribution in [-0.4, -0.2) is 48.7 Å². The number of carbonyl (C=O) groups is 1. The van der Waals surface area contributed by atoms with E-state index in [0.29, 0.717) is 25.5 Å². The second-order valence-corrected chi connectivity index (χ2v) is 5.69. The van der Waals surface area contributed by atoms with Crippen molar-refractivity contribution in [3.63, 3.8) is 0 Å². The molecule has 4 rings (SSSR count). The molecule has 0 radical (unpaired) electrons. The highest BCUT2D eigenvalue weighted by Gasteiger charge is 2.26. The molecule has 2 aromatic rings. The first-order valence-corrected chi connectivity index (χ1v) is 7.87. The summed E-state index contributed by atoms with van der Waals surface area (Å²) in [7, 11) is 0. The van der Waals surface area contributed by atoms with Crippen molar-refractivity contribution in [2.75, 3.05) is 42.6 Å². The molecule has 2 aliphatic rings. The lowest BCUT2D eigenvalue weighted by molar-refractivity contribution is 0.0984. The van der Waals surface area contributed by atoms with Gasteiger partial charge in [0.1, 0.15) is 11.5 Å². The first-order valence-electron chi connectivity index (χ1n) is 7.87.